The van der Waals surface area contributed by atoms with Gasteiger partial charge in [-0.1, -0.05) is 23.4 Å². The number of halogens is 1. The number of likely N-dealkylation sites (N-methyl/N-ethyl adjacent to an activating group) is 1. The molecule has 0 bridgehead atoms. The molecule has 2 aromatic carbocycles. The minimum Gasteiger partial charge on any atom is -0.411 e. The van der Waals surface area contributed by atoms with Crippen LogP contribution in [0.3, 0.4) is 0 Å². The van der Waals surface area contributed by atoms with Gasteiger partial charge in [-0.2, -0.15) is 0 Å². The molecule has 1 aliphatic heterocycles. The Bertz CT molecular complexity index is 890. The molecule has 0 saturated heterocycles. The number of hydrogen-bond donors (Lipinski definition) is 1. The normalized spacial score (nSPS) is 14.8. The van der Waals surface area contributed by atoms with Crippen molar-refractivity contribution >= 4 is 23.0 Å². The second-order valence-corrected chi connectivity index (χ2v) is 5.70. The average Bonchev–Trinajstić information content (AvgIpc) is 2.77. The second-order valence-electron chi connectivity index (χ2n) is 5.70. The lowest BCUT2D eigenvalue weighted by Crippen LogP contribution is -2.32. The van der Waals surface area contributed by atoms with Crippen LogP contribution in [0.2, 0.25) is 0 Å². The SMILES string of the molecule is CCN1C(=O)CN=C(c2ccccc2F)c2cc(/C(C)=N/O)ccc21. The fourth-order valence-electron chi connectivity index (χ4n) is 2.93. The molecule has 3 rings (SSSR count). The second kappa shape index (κ2) is 6.84. The van der Waals surface area contributed by atoms with Crippen molar-refractivity contribution in [3.63, 3.8) is 0 Å². The minimum atomic E-state index is -0.400. The van der Waals surface area contributed by atoms with Gasteiger partial charge in [0.1, 0.15) is 12.4 Å². The van der Waals surface area contributed by atoms with Gasteiger partial charge < -0.3 is 10.1 Å². The Morgan fingerprint density at radius 1 is 1.28 bits per heavy atom. The molecule has 0 aliphatic carbocycles. The van der Waals surface area contributed by atoms with Crippen molar-refractivity contribution in [1.82, 2.24) is 0 Å². The monoisotopic (exact) mass is 339 g/mol. The van der Waals surface area contributed by atoms with E-state index in [-0.39, 0.29) is 12.5 Å². The number of benzene rings is 2. The number of carbonyl (C=O) groups excluding carboxylic acids is 1. The number of hydrogen-bond acceptors (Lipinski definition) is 4. The van der Waals surface area contributed by atoms with E-state index in [0.29, 0.717) is 40.3 Å². The Balaban J connectivity index is 2.27. The zero-order valence-corrected chi connectivity index (χ0v) is 14.0. The summed E-state index contributed by atoms with van der Waals surface area (Å²) in [5.74, 6) is -0.544. The van der Waals surface area contributed by atoms with Crippen molar-refractivity contribution in [3.05, 3.63) is 65.0 Å². The summed E-state index contributed by atoms with van der Waals surface area (Å²) in [6, 6.07) is 11.7. The molecule has 6 heteroatoms. The van der Waals surface area contributed by atoms with Crippen molar-refractivity contribution in [1.29, 1.82) is 0 Å². The zero-order chi connectivity index (χ0) is 18.0. The highest BCUT2D eigenvalue weighted by molar-refractivity contribution is 6.20. The molecule has 0 atom stereocenters. The Labute approximate surface area is 145 Å². The molecule has 128 valence electrons. The summed E-state index contributed by atoms with van der Waals surface area (Å²) in [7, 11) is 0. The van der Waals surface area contributed by atoms with Gasteiger partial charge in [-0.15, -0.1) is 0 Å². The third-order valence-electron chi connectivity index (χ3n) is 4.23. The predicted molar refractivity (Wildman–Crippen MR) is 95.4 cm³/mol. The van der Waals surface area contributed by atoms with Gasteiger partial charge in [-0.3, -0.25) is 9.79 Å². The van der Waals surface area contributed by atoms with Crippen LogP contribution >= 0.6 is 0 Å². The highest BCUT2D eigenvalue weighted by atomic mass is 19.1. The number of aliphatic imine (C=N–C) groups is 1. The summed E-state index contributed by atoms with van der Waals surface area (Å²) in [6.07, 6.45) is 0. The number of anilines is 1. The Morgan fingerprint density at radius 2 is 2.04 bits per heavy atom. The van der Waals surface area contributed by atoms with Gasteiger partial charge in [0.15, 0.2) is 0 Å². The summed E-state index contributed by atoms with van der Waals surface area (Å²) >= 11 is 0. The molecule has 0 fully saturated rings. The first kappa shape index (κ1) is 16.8. The fraction of sp³-hybridized carbons (Fsp3) is 0.211. The first-order valence-corrected chi connectivity index (χ1v) is 8.00. The van der Waals surface area contributed by atoms with Crippen LogP contribution in [0.4, 0.5) is 10.1 Å². The summed E-state index contributed by atoms with van der Waals surface area (Å²) in [5.41, 5.74) is 3.17. The number of oxime groups is 1. The number of amides is 1. The van der Waals surface area contributed by atoms with E-state index in [2.05, 4.69) is 10.1 Å². The summed E-state index contributed by atoms with van der Waals surface area (Å²) in [6.45, 7) is 3.98. The van der Waals surface area contributed by atoms with Gasteiger partial charge >= 0.3 is 0 Å². The largest absolute Gasteiger partial charge is 0.411 e. The fourth-order valence-corrected chi connectivity index (χ4v) is 2.93. The Morgan fingerprint density at radius 3 is 2.72 bits per heavy atom. The predicted octanol–water partition coefficient (Wildman–Crippen LogP) is 3.23. The van der Waals surface area contributed by atoms with Crippen LogP contribution in [0.1, 0.15) is 30.5 Å². The highest BCUT2D eigenvalue weighted by Gasteiger charge is 2.25. The average molecular weight is 339 g/mol. The van der Waals surface area contributed by atoms with Crippen molar-refractivity contribution in [2.75, 3.05) is 18.0 Å². The van der Waals surface area contributed by atoms with Gasteiger partial charge in [0.2, 0.25) is 5.91 Å². The maximum Gasteiger partial charge on any atom is 0.248 e. The van der Waals surface area contributed by atoms with Crippen molar-refractivity contribution < 1.29 is 14.4 Å². The molecule has 25 heavy (non-hydrogen) atoms. The topological polar surface area (TPSA) is 65.3 Å². The van der Waals surface area contributed by atoms with Gasteiger partial charge in [-0.25, -0.2) is 4.39 Å². The maximum absolute atomic E-state index is 14.4. The van der Waals surface area contributed by atoms with E-state index >= 15 is 0 Å². The summed E-state index contributed by atoms with van der Waals surface area (Å²) in [5, 5.41) is 12.3. The number of carbonyl (C=O) groups is 1. The van der Waals surface area contributed by atoms with Crippen LogP contribution in [-0.2, 0) is 4.79 Å². The third kappa shape index (κ3) is 3.03. The van der Waals surface area contributed by atoms with Crippen LogP contribution in [0.15, 0.2) is 52.6 Å². The van der Waals surface area contributed by atoms with Crippen molar-refractivity contribution in [3.8, 4) is 0 Å². The summed E-state index contributed by atoms with van der Waals surface area (Å²) < 4.78 is 14.4. The Kier molecular flexibility index (Phi) is 4.61. The molecule has 5 nitrogen and oxygen atoms in total. The molecule has 0 unspecified atom stereocenters. The molecule has 1 heterocycles. The van der Waals surface area contributed by atoms with Crippen LogP contribution in [0.5, 0.6) is 0 Å². The van der Waals surface area contributed by atoms with Crippen LogP contribution in [0, 0.1) is 5.82 Å². The van der Waals surface area contributed by atoms with E-state index in [1.165, 1.54) is 6.07 Å². The molecule has 0 spiro atoms. The zero-order valence-electron chi connectivity index (χ0n) is 14.0. The van der Waals surface area contributed by atoms with E-state index in [4.69, 9.17) is 5.21 Å². The van der Waals surface area contributed by atoms with E-state index in [1.54, 1.807) is 48.2 Å². The van der Waals surface area contributed by atoms with Crippen molar-refractivity contribution in [2.45, 2.75) is 13.8 Å². The lowest BCUT2D eigenvalue weighted by atomic mass is 9.96. The molecule has 1 amide bonds. The molecular formula is C19H18FN3O2. The van der Waals surface area contributed by atoms with Crippen molar-refractivity contribution in [2.24, 2.45) is 10.1 Å². The standard InChI is InChI=1S/C19H18FN3O2/c1-3-23-17-9-8-13(12(2)22-25)10-15(17)19(21-11-18(23)24)14-6-4-5-7-16(14)20/h4-10,25H,3,11H2,1-2H3/b22-12+. The molecule has 2 aromatic rings. The lowest BCUT2D eigenvalue weighted by Gasteiger charge is -2.22. The van der Waals surface area contributed by atoms with Gasteiger partial charge in [0.25, 0.3) is 0 Å². The van der Waals surface area contributed by atoms with E-state index in [9.17, 15) is 9.18 Å². The number of fused-ring (bicyclic) bond motifs is 1. The minimum absolute atomic E-state index is 0.0470. The molecule has 0 radical (unpaired) electrons. The van der Waals surface area contributed by atoms with E-state index < -0.39 is 5.82 Å². The number of benzodiazepines with no additional fused rings is 1. The summed E-state index contributed by atoms with van der Waals surface area (Å²) in [4.78, 5) is 18.4. The highest BCUT2D eigenvalue weighted by Crippen LogP contribution is 2.29. The van der Waals surface area contributed by atoms with Crippen LogP contribution < -0.4 is 4.90 Å². The smallest absolute Gasteiger partial charge is 0.248 e. The number of rotatable bonds is 3. The van der Waals surface area contributed by atoms with Gasteiger partial charge in [-0.05, 0) is 43.7 Å². The van der Waals surface area contributed by atoms with Crippen LogP contribution in [0.25, 0.3) is 0 Å². The lowest BCUT2D eigenvalue weighted by molar-refractivity contribution is -0.117. The van der Waals surface area contributed by atoms with Gasteiger partial charge in [0, 0.05) is 17.7 Å². The Hall–Kier alpha value is -3.02. The first-order chi connectivity index (χ1) is 12.1. The van der Waals surface area contributed by atoms with E-state index in [1.807, 2.05) is 6.92 Å². The van der Waals surface area contributed by atoms with Gasteiger partial charge in [0.05, 0.1) is 17.1 Å². The third-order valence-corrected chi connectivity index (χ3v) is 4.23. The number of nitrogens with zero attached hydrogens (tertiary/aromatic N) is 3. The van der Waals surface area contributed by atoms with Crippen LogP contribution in [-0.4, -0.2) is 35.6 Å². The van der Waals surface area contributed by atoms with E-state index in [0.717, 1.165) is 0 Å². The first-order valence-electron chi connectivity index (χ1n) is 8.00. The maximum atomic E-state index is 14.4. The molecule has 0 saturated carbocycles. The molecule has 0 aromatic heterocycles. The molecular weight excluding hydrogens is 321 g/mol. The molecule has 1 aliphatic rings. The molecule has 1 N–H and O–H groups in total. The quantitative estimate of drug-likeness (QED) is 0.530.